The first-order valence-corrected chi connectivity index (χ1v) is 8.89. The number of hydrogen-bond acceptors (Lipinski definition) is 4. The van der Waals surface area contributed by atoms with Gasteiger partial charge in [0.1, 0.15) is 11.4 Å². The van der Waals surface area contributed by atoms with Gasteiger partial charge in [-0.05, 0) is 37.5 Å². The average Bonchev–Trinajstić information content (AvgIpc) is 2.89. The fourth-order valence-electron chi connectivity index (χ4n) is 3.12. The van der Waals surface area contributed by atoms with Crippen molar-refractivity contribution in [3.05, 3.63) is 65.1 Å². The molecule has 1 fully saturated rings. The van der Waals surface area contributed by atoms with E-state index in [1.54, 1.807) is 11.0 Å². The third-order valence-electron chi connectivity index (χ3n) is 4.52. The molecule has 142 valence electrons. The van der Waals surface area contributed by atoms with Crippen LogP contribution in [-0.2, 0) is 11.2 Å². The Bertz CT molecular complexity index is 813. The molecule has 0 aliphatic carbocycles. The first kappa shape index (κ1) is 18.8. The molecule has 1 aliphatic heterocycles. The Balaban J connectivity index is 1.61. The van der Waals surface area contributed by atoms with Gasteiger partial charge in [0, 0.05) is 30.9 Å². The highest BCUT2D eigenvalue weighted by molar-refractivity contribution is 5.93. The van der Waals surface area contributed by atoms with Gasteiger partial charge in [-0.15, -0.1) is 0 Å². The predicted octanol–water partition coefficient (Wildman–Crippen LogP) is 1.21. The summed E-state index contributed by atoms with van der Waals surface area (Å²) in [7, 11) is 0. The maximum absolute atomic E-state index is 13.0. The highest BCUT2D eigenvalue weighted by Gasteiger charge is 2.24. The van der Waals surface area contributed by atoms with Crippen molar-refractivity contribution in [3.8, 4) is 0 Å². The molecule has 0 bridgehead atoms. The smallest absolute Gasteiger partial charge is 0.257 e. The number of hydrogen-bond donors (Lipinski definition) is 1. The Morgan fingerprint density at radius 1 is 1.33 bits per heavy atom. The van der Waals surface area contributed by atoms with E-state index in [4.69, 9.17) is 0 Å². The fraction of sp³-hybridized carbons (Fsp3) is 0.368. The second-order valence-electron chi connectivity index (χ2n) is 6.60. The summed E-state index contributed by atoms with van der Waals surface area (Å²) in [5.74, 6) is -0.879. The number of nitrogens with one attached hydrogen (secondary N) is 1. The second-order valence-corrected chi connectivity index (χ2v) is 6.60. The van der Waals surface area contributed by atoms with Gasteiger partial charge in [-0.1, -0.05) is 0 Å². The van der Waals surface area contributed by atoms with Crippen molar-refractivity contribution in [2.75, 3.05) is 13.1 Å². The fourth-order valence-corrected chi connectivity index (χ4v) is 3.12. The molecule has 3 heterocycles. The quantitative estimate of drug-likeness (QED) is 0.645. The molecule has 7 nitrogen and oxygen atoms in total. The van der Waals surface area contributed by atoms with E-state index in [9.17, 15) is 19.2 Å². The van der Waals surface area contributed by atoms with Gasteiger partial charge in [0.2, 0.25) is 5.91 Å². The number of likely N-dealkylation sites (tertiary alicyclic amines) is 1. The summed E-state index contributed by atoms with van der Waals surface area (Å²) in [6.45, 7) is 1.01. The molecule has 2 aromatic heterocycles. The zero-order chi connectivity index (χ0) is 19.2. The summed E-state index contributed by atoms with van der Waals surface area (Å²) >= 11 is 0. The average molecular weight is 372 g/mol. The van der Waals surface area contributed by atoms with Gasteiger partial charge in [-0.3, -0.25) is 14.6 Å². The van der Waals surface area contributed by atoms with Gasteiger partial charge in [0.05, 0.1) is 12.6 Å². The molecule has 1 saturated heterocycles. The van der Waals surface area contributed by atoms with E-state index in [0.29, 0.717) is 23.5 Å². The molecule has 27 heavy (non-hydrogen) atoms. The number of amides is 2. The Morgan fingerprint density at radius 2 is 2.19 bits per heavy atom. The second kappa shape index (κ2) is 8.57. The number of aromatic nitrogens is 2. The summed E-state index contributed by atoms with van der Waals surface area (Å²) in [4.78, 5) is 30.6. The van der Waals surface area contributed by atoms with E-state index in [-0.39, 0.29) is 29.8 Å². The molecular formula is C19H21FN4O3. The van der Waals surface area contributed by atoms with Crippen molar-refractivity contribution in [1.29, 1.82) is 0 Å². The molecule has 3 rings (SSSR count). The molecule has 0 aromatic carbocycles. The number of halogens is 1. The minimum absolute atomic E-state index is 0.0931. The Kier molecular flexibility index (Phi) is 5.95. The first-order valence-electron chi connectivity index (χ1n) is 8.89. The van der Waals surface area contributed by atoms with Crippen LogP contribution < -0.4 is 10.0 Å². The van der Waals surface area contributed by atoms with Gasteiger partial charge in [0.25, 0.3) is 5.91 Å². The van der Waals surface area contributed by atoms with Crippen molar-refractivity contribution in [2.45, 2.75) is 31.7 Å². The van der Waals surface area contributed by atoms with Crippen LogP contribution in [0.3, 0.4) is 0 Å². The Morgan fingerprint density at radius 3 is 2.93 bits per heavy atom. The van der Waals surface area contributed by atoms with E-state index in [1.807, 2.05) is 0 Å². The van der Waals surface area contributed by atoms with E-state index in [2.05, 4.69) is 10.3 Å². The summed E-state index contributed by atoms with van der Waals surface area (Å²) in [5.41, 5.74) is 0.792. The number of pyridine rings is 2. The zero-order valence-corrected chi connectivity index (χ0v) is 14.8. The Labute approximate surface area is 156 Å². The van der Waals surface area contributed by atoms with Crippen molar-refractivity contribution in [2.24, 2.45) is 0 Å². The summed E-state index contributed by atoms with van der Waals surface area (Å²) in [5, 5.41) is 14.2. The van der Waals surface area contributed by atoms with Gasteiger partial charge in [-0.25, -0.2) is 4.39 Å². The molecule has 2 amide bonds. The van der Waals surface area contributed by atoms with Gasteiger partial charge >= 0.3 is 0 Å². The largest absolute Gasteiger partial charge is 0.619 e. The van der Waals surface area contributed by atoms with Crippen LogP contribution in [0.25, 0.3) is 0 Å². The monoisotopic (exact) mass is 372 g/mol. The lowest BCUT2D eigenvalue weighted by molar-refractivity contribution is -0.605. The standard InChI is InChI=1S/C19H21FN4O3/c20-15-6-7-16(21-11-15)10-18(25)23-8-2-1-5-17(13-23)22-19(26)14-4-3-9-24(27)12-14/h3-4,6-7,9,11-12,17H,1-2,5,8,10,13H2,(H,22,26)/t17-/m0/s1. The minimum atomic E-state index is -0.441. The van der Waals surface area contributed by atoms with Crippen molar-refractivity contribution in [1.82, 2.24) is 15.2 Å². The SMILES string of the molecule is O=C(N[C@H]1CCCCN(C(=O)Cc2ccc(F)cn2)C1)c1ccc[n+]([O-])c1. The van der Waals surface area contributed by atoms with E-state index >= 15 is 0 Å². The van der Waals surface area contributed by atoms with Crippen LogP contribution in [-0.4, -0.2) is 40.8 Å². The number of carbonyl (C=O) groups excluding carboxylic acids is 2. The minimum Gasteiger partial charge on any atom is -0.619 e. The third kappa shape index (κ3) is 5.22. The highest BCUT2D eigenvalue weighted by Crippen LogP contribution is 2.13. The molecule has 1 atom stereocenters. The van der Waals surface area contributed by atoms with Crippen molar-refractivity contribution < 1.29 is 18.7 Å². The van der Waals surface area contributed by atoms with Crippen LogP contribution in [0.15, 0.2) is 42.9 Å². The van der Waals surface area contributed by atoms with Crippen LogP contribution in [0.1, 0.15) is 35.3 Å². The first-order chi connectivity index (χ1) is 13.0. The third-order valence-corrected chi connectivity index (χ3v) is 4.52. The molecule has 0 unspecified atom stereocenters. The topological polar surface area (TPSA) is 89.2 Å². The predicted molar refractivity (Wildman–Crippen MR) is 95.0 cm³/mol. The van der Waals surface area contributed by atoms with Crippen LogP contribution in [0.5, 0.6) is 0 Å². The van der Waals surface area contributed by atoms with E-state index in [1.165, 1.54) is 30.6 Å². The van der Waals surface area contributed by atoms with E-state index in [0.717, 1.165) is 25.5 Å². The molecule has 2 aromatic rings. The van der Waals surface area contributed by atoms with Crippen molar-refractivity contribution in [3.63, 3.8) is 0 Å². The molecular weight excluding hydrogens is 351 g/mol. The van der Waals surface area contributed by atoms with Gasteiger partial charge in [-0.2, -0.15) is 4.73 Å². The molecule has 0 saturated carbocycles. The molecule has 0 spiro atoms. The lowest BCUT2D eigenvalue weighted by atomic mass is 10.1. The summed E-state index contributed by atoms with van der Waals surface area (Å²) in [6.07, 6.45) is 6.21. The zero-order valence-electron chi connectivity index (χ0n) is 14.8. The van der Waals surface area contributed by atoms with E-state index < -0.39 is 5.82 Å². The van der Waals surface area contributed by atoms with Crippen LogP contribution >= 0.6 is 0 Å². The maximum Gasteiger partial charge on any atom is 0.257 e. The Hall–Kier alpha value is -3.03. The molecule has 1 aliphatic rings. The molecule has 1 N–H and O–H groups in total. The number of nitrogens with zero attached hydrogens (tertiary/aromatic N) is 3. The van der Waals surface area contributed by atoms with Gasteiger partial charge in [0.15, 0.2) is 12.4 Å². The highest BCUT2D eigenvalue weighted by atomic mass is 19.1. The van der Waals surface area contributed by atoms with Crippen LogP contribution in [0, 0.1) is 11.0 Å². The lowest BCUT2D eigenvalue weighted by Gasteiger charge is -2.25. The number of carbonyl (C=O) groups is 2. The number of rotatable bonds is 4. The summed E-state index contributed by atoms with van der Waals surface area (Å²) in [6, 6.07) is 5.68. The maximum atomic E-state index is 13.0. The normalized spacial score (nSPS) is 17.2. The van der Waals surface area contributed by atoms with Gasteiger partial charge < -0.3 is 15.4 Å². The van der Waals surface area contributed by atoms with Crippen LogP contribution in [0.4, 0.5) is 4.39 Å². The summed E-state index contributed by atoms with van der Waals surface area (Å²) < 4.78 is 13.5. The lowest BCUT2D eigenvalue weighted by Crippen LogP contribution is -2.45. The van der Waals surface area contributed by atoms with Crippen LogP contribution in [0.2, 0.25) is 0 Å². The molecule has 0 radical (unpaired) electrons. The molecule has 8 heteroatoms. The van der Waals surface area contributed by atoms with Crippen molar-refractivity contribution >= 4 is 11.8 Å².